The van der Waals surface area contributed by atoms with Crippen LogP contribution in [0.1, 0.15) is 11.1 Å². The van der Waals surface area contributed by atoms with Gasteiger partial charge in [-0.15, -0.1) is 24.0 Å². The Morgan fingerprint density at radius 3 is 2.89 bits per heavy atom. The molecule has 3 N–H and O–H groups in total. The Labute approximate surface area is 174 Å². The van der Waals surface area contributed by atoms with Crippen molar-refractivity contribution in [3.05, 3.63) is 59.7 Å². The van der Waals surface area contributed by atoms with Gasteiger partial charge in [-0.2, -0.15) is 0 Å². The molecule has 0 saturated carbocycles. The Balaban J connectivity index is 0.00000261. The number of aromatic amines is 1. The quantitative estimate of drug-likeness (QED) is 0.286. The summed E-state index contributed by atoms with van der Waals surface area (Å²) in [4.78, 5) is 11.6. The molecule has 8 heteroatoms. The van der Waals surface area contributed by atoms with Gasteiger partial charge in [-0.25, -0.2) is 9.37 Å². The molecule has 0 atom stereocenters. The Morgan fingerprint density at radius 1 is 1.26 bits per heavy atom. The Morgan fingerprint density at radius 2 is 2.11 bits per heavy atom. The van der Waals surface area contributed by atoms with E-state index in [0.717, 1.165) is 28.5 Å². The largest absolute Gasteiger partial charge is 0.481 e. The number of rotatable bonds is 6. The first-order chi connectivity index (χ1) is 12.7. The second-order valence-corrected chi connectivity index (χ2v) is 5.78. The van der Waals surface area contributed by atoms with Crippen molar-refractivity contribution in [1.29, 1.82) is 0 Å². The summed E-state index contributed by atoms with van der Waals surface area (Å²) in [6.45, 7) is 1.22. The van der Waals surface area contributed by atoms with Crippen molar-refractivity contribution in [2.45, 2.75) is 13.0 Å². The number of hydrogen-bond donors (Lipinski definition) is 3. The molecule has 0 aliphatic heterocycles. The minimum Gasteiger partial charge on any atom is -0.481 e. The summed E-state index contributed by atoms with van der Waals surface area (Å²) in [6.07, 6.45) is 4.36. The zero-order chi connectivity index (χ0) is 18.4. The molecule has 2 heterocycles. The van der Waals surface area contributed by atoms with E-state index in [1.165, 1.54) is 6.07 Å². The van der Waals surface area contributed by atoms with Crippen LogP contribution in [0.25, 0.3) is 10.9 Å². The molecule has 3 aromatic rings. The fraction of sp³-hybridized carbons (Fsp3) is 0.263. The van der Waals surface area contributed by atoms with E-state index in [1.807, 2.05) is 18.3 Å². The van der Waals surface area contributed by atoms with E-state index < -0.39 is 0 Å². The van der Waals surface area contributed by atoms with Gasteiger partial charge in [0.1, 0.15) is 5.82 Å². The maximum absolute atomic E-state index is 13.4. The van der Waals surface area contributed by atoms with Gasteiger partial charge in [0.2, 0.25) is 5.88 Å². The van der Waals surface area contributed by atoms with E-state index in [0.29, 0.717) is 24.9 Å². The number of aliphatic imine (C=N–C) groups is 1. The van der Waals surface area contributed by atoms with E-state index in [2.05, 4.69) is 25.6 Å². The van der Waals surface area contributed by atoms with Crippen molar-refractivity contribution in [1.82, 2.24) is 20.6 Å². The molecule has 0 aliphatic rings. The molecule has 0 saturated heterocycles. The lowest BCUT2D eigenvalue weighted by molar-refractivity contribution is 0.392. The highest BCUT2D eigenvalue weighted by atomic mass is 127. The first-order valence-corrected chi connectivity index (χ1v) is 8.39. The highest BCUT2D eigenvalue weighted by Gasteiger charge is 2.07. The normalized spacial score (nSPS) is 11.1. The van der Waals surface area contributed by atoms with Gasteiger partial charge in [-0.3, -0.25) is 4.99 Å². The van der Waals surface area contributed by atoms with Gasteiger partial charge < -0.3 is 20.4 Å². The lowest BCUT2D eigenvalue weighted by Gasteiger charge is -2.13. The molecule has 0 bridgehead atoms. The highest BCUT2D eigenvalue weighted by molar-refractivity contribution is 14.0. The van der Waals surface area contributed by atoms with E-state index in [-0.39, 0.29) is 29.8 Å². The van der Waals surface area contributed by atoms with Crippen LogP contribution in [-0.4, -0.2) is 36.6 Å². The Kier molecular flexibility index (Phi) is 7.83. The summed E-state index contributed by atoms with van der Waals surface area (Å²) in [6, 6.07) is 8.59. The summed E-state index contributed by atoms with van der Waals surface area (Å²) in [5.41, 5.74) is 2.95. The Hall–Kier alpha value is -2.36. The fourth-order valence-electron chi connectivity index (χ4n) is 2.82. The van der Waals surface area contributed by atoms with Gasteiger partial charge in [0.25, 0.3) is 0 Å². The zero-order valence-corrected chi connectivity index (χ0v) is 17.6. The highest BCUT2D eigenvalue weighted by Crippen LogP contribution is 2.19. The molecular formula is C19H23FIN5O. The van der Waals surface area contributed by atoms with Gasteiger partial charge in [0, 0.05) is 49.0 Å². The molecule has 144 valence electrons. The number of benzene rings is 1. The van der Waals surface area contributed by atoms with Crippen molar-refractivity contribution in [2.75, 3.05) is 20.7 Å². The molecule has 0 spiro atoms. The second kappa shape index (κ2) is 10.1. The fourth-order valence-corrected chi connectivity index (χ4v) is 2.82. The number of hydrogen-bond acceptors (Lipinski definition) is 3. The summed E-state index contributed by atoms with van der Waals surface area (Å²) >= 11 is 0. The molecule has 0 unspecified atom stereocenters. The third kappa shape index (κ3) is 5.31. The lowest BCUT2D eigenvalue weighted by Crippen LogP contribution is -2.37. The Bertz CT molecular complexity index is 912. The molecule has 6 nitrogen and oxygen atoms in total. The summed E-state index contributed by atoms with van der Waals surface area (Å²) < 4.78 is 18.7. The molecule has 27 heavy (non-hydrogen) atoms. The van der Waals surface area contributed by atoms with Gasteiger partial charge in [-0.05, 0) is 36.2 Å². The number of ether oxygens (including phenoxy) is 1. The van der Waals surface area contributed by atoms with Gasteiger partial charge in [-0.1, -0.05) is 6.07 Å². The van der Waals surface area contributed by atoms with Crippen molar-refractivity contribution in [3.8, 4) is 5.88 Å². The van der Waals surface area contributed by atoms with Crippen LogP contribution in [0, 0.1) is 5.82 Å². The van der Waals surface area contributed by atoms with Crippen LogP contribution in [0.4, 0.5) is 4.39 Å². The third-order valence-electron chi connectivity index (χ3n) is 4.13. The number of methoxy groups -OCH3 is 1. The van der Waals surface area contributed by atoms with Crippen LogP contribution >= 0.6 is 24.0 Å². The molecular weight excluding hydrogens is 460 g/mol. The molecule has 2 aromatic heterocycles. The molecule has 0 fully saturated rings. The summed E-state index contributed by atoms with van der Waals surface area (Å²) in [7, 11) is 3.32. The minimum atomic E-state index is -0.228. The molecule has 0 radical (unpaired) electrons. The van der Waals surface area contributed by atoms with Crippen LogP contribution in [-0.2, 0) is 13.0 Å². The maximum atomic E-state index is 13.4. The van der Waals surface area contributed by atoms with Crippen molar-refractivity contribution in [3.63, 3.8) is 0 Å². The van der Waals surface area contributed by atoms with Crippen LogP contribution < -0.4 is 15.4 Å². The van der Waals surface area contributed by atoms with Crippen molar-refractivity contribution in [2.24, 2.45) is 4.99 Å². The van der Waals surface area contributed by atoms with Gasteiger partial charge >= 0.3 is 0 Å². The number of nitrogens with one attached hydrogen (secondary N) is 3. The van der Waals surface area contributed by atoms with Gasteiger partial charge in [0.05, 0.1) is 7.11 Å². The van der Waals surface area contributed by atoms with E-state index >= 15 is 0 Å². The van der Waals surface area contributed by atoms with Crippen LogP contribution in [0.5, 0.6) is 5.88 Å². The van der Waals surface area contributed by atoms with E-state index in [1.54, 1.807) is 32.5 Å². The molecule has 1 aromatic carbocycles. The average Bonchev–Trinajstić information content (AvgIpc) is 3.06. The number of halogens is 2. The first-order valence-electron chi connectivity index (χ1n) is 8.39. The standard InChI is InChI=1S/C19H22FN5O.HI/c1-21-19(25-12-14-4-3-8-22-18(14)26-2)23-9-7-13-11-24-17-6-5-15(20)10-16(13)17;/h3-6,8,10-11,24H,7,9,12H2,1-2H3,(H2,21,23,25);1H. The van der Waals surface area contributed by atoms with Crippen molar-refractivity contribution >= 4 is 40.8 Å². The molecule has 0 amide bonds. The van der Waals surface area contributed by atoms with Crippen LogP contribution in [0.2, 0.25) is 0 Å². The topological polar surface area (TPSA) is 74.3 Å². The number of pyridine rings is 1. The monoisotopic (exact) mass is 483 g/mol. The third-order valence-corrected chi connectivity index (χ3v) is 4.13. The van der Waals surface area contributed by atoms with Crippen LogP contribution in [0.15, 0.2) is 47.7 Å². The van der Waals surface area contributed by atoms with E-state index in [4.69, 9.17) is 4.74 Å². The van der Waals surface area contributed by atoms with Crippen LogP contribution in [0.3, 0.4) is 0 Å². The smallest absolute Gasteiger partial charge is 0.218 e. The number of nitrogens with zero attached hydrogens (tertiary/aromatic N) is 2. The van der Waals surface area contributed by atoms with E-state index in [9.17, 15) is 4.39 Å². The number of fused-ring (bicyclic) bond motifs is 1. The minimum absolute atomic E-state index is 0. The number of guanidine groups is 1. The second-order valence-electron chi connectivity index (χ2n) is 5.78. The predicted molar refractivity (Wildman–Crippen MR) is 116 cm³/mol. The van der Waals surface area contributed by atoms with Gasteiger partial charge in [0.15, 0.2) is 5.96 Å². The molecule has 3 rings (SSSR count). The zero-order valence-electron chi connectivity index (χ0n) is 15.3. The summed E-state index contributed by atoms with van der Waals surface area (Å²) in [5, 5.41) is 7.41. The molecule has 0 aliphatic carbocycles. The number of aromatic nitrogens is 2. The summed E-state index contributed by atoms with van der Waals surface area (Å²) in [5.74, 6) is 1.05. The average molecular weight is 483 g/mol. The number of H-pyrrole nitrogens is 1. The van der Waals surface area contributed by atoms with Crippen molar-refractivity contribution < 1.29 is 9.13 Å². The predicted octanol–water partition coefficient (Wildman–Crippen LogP) is 3.24. The maximum Gasteiger partial charge on any atom is 0.218 e. The first kappa shape index (κ1) is 20.9. The lowest BCUT2D eigenvalue weighted by atomic mass is 10.1. The SMILES string of the molecule is CN=C(NCCc1c[nH]c2ccc(F)cc12)NCc1cccnc1OC.I.